The maximum atomic E-state index is 12.2. The van der Waals surface area contributed by atoms with Crippen molar-refractivity contribution in [2.24, 2.45) is 0 Å². The average molecular weight is 384 g/mol. The fourth-order valence-corrected chi connectivity index (χ4v) is 3.28. The molecule has 0 unspecified atom stereocenters. The topological polar surface area (TPSA) is 96.7 Å². The molecule has 0 radical (unpaired) electrons. The first kappa shape index (κ1) is 19.6. The van der Waals surface area contributed by atoms with Crippen LogP contribution in [0.2, 0.25) is 0 Å². The maximum absolute atomic E-state index is 12.2. The molecule has 0 spiro atoms. The van der Waals surface area contributed by atoms with Gasteiger partial charge in [-0.3, -0.25) is 14.9 Å². The van der Waals surface area contributed by atoms with Gasteiger partial charge in [0.2, 0.25) is 0 Å². The Labute approximate surface area is 163 Å². The molecule has 1 fully saturated rings. The summed E-state index contributed by atoms with van der Waals surface area (Å²) in [7, 11) is 0. The zero-order valence-electron chi connectivity index (χ0n) is 16.0. The Morgan fingerprint density at radius 1 is 1.18 bits per heavy atom. The van der Waals surface area contributed by atoms with Gasteiger partial charge in [0.05, 0.1) is 4.92 Å². The normalized spacial score (nSPS) is 13.9. The van der Waals surface area contributed by atoms with Crippen LogP contribution in [0.1, 0.15) is 11.1 Å². The summed E-state index contributed by atoms with van der Waals surface area (Å²) in [4.78, 5) is 25.3. The van der Waals surface area contributed by atoms with E-state index >= 15 is 0 Å². The highest BCUT2D eigenvalue weighted by atomic mass is 16.6. The van der Waals surface area contributed by atoms with E-state index in [4.69, 9.17) is 4.74 Å². The molecular weight excluding hydrogens is 360 g/mol. The summed E-state index contributed by atoms with van der Waals surface area (Å²) in [5, 5.41) is 17.4. The van der Waals surface area contributed by atoms with Crippen LogP contribution in [0.15, 0.2) is 36.4 Å². The van der Waals surface area contributed by atoms with Crippen molar-refractivity contribution in [3.8, 4) is 5.75 Å². The monoisotopic (exact) mass is 384 g/mol. The van der Waals surface area contributed by atoms with Crippen molar-refractivity contribution in [3.05, 3.63) is 57.6 Å². The molecule has 0 bridgehead atoms. The minimum atomic E-state index is -0.418. The summed E-state index contributed by atoms with van der Waals surface area (Å²) in [6.45, 7) is 6.72. The number of anilines is 2. The molecule has 0 saturated carbocycles. The third kappa shape index (κ3) is 4.98. The molecule has 148 valence electrons. The molecule has 1 heterocycles. The molecule has 8 nitrogen and oxygen atoms in total. The molecule has 3 rings (SSSR count). The van der Waals surface area contributed by atoms with Gasteiger partial charge in [0, 0.05) is 37.9 Å². The lowest BCUT2D eigenvalue weighted by Crippen LogP contribution is -2.43. The summed E-state index contributed by atoms with van der Waals surface area (Å²) in [5.74, 6) is 0.246. The number of ether oxygens (including phenoxy) is 1. The van der Waals surface area contributed by atoms with Gasteiger partial charge in [-0.15, -0.1) is 0 Å². The Hall–Kier alpha value is -3.13. The summed E-state index contributed by atoms with van der Waals surface area (Å²) >= 11 is 0. The second-order valence-electron chi connectivity index (χ2n) is 6.86. The lowest BCUT2D eigenvalue weighted by molar-refractivity contribution is -0.384. The minimum Gasteiger partial charge on any atom is -0.484 e. The smallest absolute Gasteiger partial charge is 0.294 e. The van der Waals surface area contributed by atoms with Gasteiger partial charge < -0.3 is 20.3 Å². The fourth-order valence-electron chi connectivity index (χ4n) is 3.28. The Morgan fingerprint density at radius 3 is 2.50 bits per heavy atom. The van der Waals surface area contributed by atoms with Crippen LogP contribution in [0.4, 0.5) is 17.1 Å². The molecule has 1 aliphatic rings. The van der Waals surface area contributed by atoms with Crippen LogP contribution in [-0.2, 0) is 4.79 Å². The van der Waals surface area contributed by atoms with Crippen molar-refractivity contribution in [1.82, 2.24) is 5.32 Å². The van der Waals surface area contributed by atoms with Crippen molar-refractivity contribution in [1.29, 1.82) is 0 Å². The quantitative estimate of drug-likeness (QED) is 0.587. The number of carbonyl (C=O) groups excluding carboxylic acids is 1. The largest absolute Gasteiger partial charge is 0.484 e. The first-order chi connectivity index (χ1) is 13.4. The predicted molar refractivity (Wildman–Crippen MR) is 108 cm³/mol. The average Bonchev–Trinajstić information content (AvgIpc) is 2.66. The maximum Gasteiger partial charge on any atom is 0.294 e. The van der Waals surface area contributed by atoms with Crippen LogP contribution >= 0.6 is 0 Å². The number of hydrogen-bond donors (Lipinski definition) is 2. The Kier molecular flexibility index (Phi) is 6.10. The van der Waals surface area contributed by atoms with Gasteiger partial charge in [0.25, 0.3) is 11.6 Å². The van der Waals surface area contributed by atoms with Crippen molar-refractivity contribution in [2.75, 3.05) is 43.0 Å². The molecule has 2 aromatic rings. The van der Waals surface area contributed by atoms with Crippen LogP contribution in [-0.4, -0.2) is 43.6 Å². The van der Waals surface area contributed by atoms with Gasteiger partial charge in [-0.25, -0.2) is 0 Å². The van der Waals surface area contributed by atoms with Crippen LogP contribution in [0.5, 0.6) is 5.75 Å². The van der Waals surface area contributed by atoms with E-state index in [0.29, 0.717) is 30.2 Å². The number of aryl methyl sites for hydroxylation is 2. The van der Waals surface area contributed by atoms with Gasteiger partial charge in [-0.2, -0.15) is 0 Å². The predicted octanol–water partition coefficient (Wildman–Crippen LogP) is 2.64. The summed E-state index contributed by atoms with van der Waals surface area (Å²) < 4.78 is 5.54. The minimum absolute atomic E-state index is 0.0186. The zero-order valence-corrected chi connectivity index (χ0v) is 16.0. The first-order valence-electron chi connectivity index (χ1n) is 9.17. The highest BCUT2D eigenvalue weighted by molar-refractivity contribution is 5.92. The van der Waals surface area contributed by atoms with E-state index < -0.39 is 4.92 Å². The lowest BCUT2D eigenvalue weighted by Gasteiger charge is -2.29. The summed E-state index contributed by atoms with van der Waals surface area (Å²) in [5.41, 5.74) is 3.02. The van der Waals surface area contributed by atoms with E-state index in [0.717, 1.165) is 24.2 Å². The van der Waals surface area contributed by atoms with Gasteiger partial charge >= 0.3 is 0 Å². The first-order valence-corrected chi connectivity index (χ1v) is 9.17. The fraction of sp³-hybridized carbons (Fsp3) is 0.350. The van der Waals surface area contributed by atoms with E-state index in [-0.39, 0.29) is 18.2 Å². The number of piperazine rings is 1. The summed E-state index contributed by atoms with van der Waals surface area (Å²) in [6.07, 6.45) is 0. The number of nitro groups is 1. The Balaban J connectivity index is 1.66. The van der Waals surface area contributed by atoms with Crippen molar-refractivity contribution in [2.45, 2.75) is 13.8 Å². The van der Waals surface area contributed by atoms with E-state index in [1.807, 2.05) is 36.9 Å². The van der Waals surface area contributed by atoms with Gasteiger partial charge in [-0.1, -0.05) is 6.07 Å². The second kappa shape index (κ2) is 8.71. The van der Waals surface area contributed by atoms with E-state index in [1.54, 1.807) is 12.1 Å². The number of nitro benzene ring substituents is 1. The molecule has 2 N–H and O–H groups in total. The number of nitrogens with zero attached hydrogens (tertiary/aromatic N) is 2. The van der Waals surface area contributed by atoms with Crippen LogP contribution in [0.3, 0.4) is 0 Å². The molecule has 2 aromatic carbocycles. The van der Waals surface area contributed by atoms with Crippen molar-refractivity contribution < 1.29 is 14.5 Å². The SMILES string of the molecule is Cc1cc(C)cc(OCC(=O)Nc2ccc(N3CCNCC3)c([N+](=O)[O-])c2)c1. The Bertz CT molecular complexity index is 858. The number of amides is 1. The molecule has 1 saturated heterocycles. The molecule has 0 aliphatic carbocycles. The number of rotatable bonds is 6. The van der Waals surface area contributed by atoms with Gasteiger partial charge in [0.1, 0.15) is 11.4 Å². The number of nitrogens with one attached hydrogen (secondary N) is 2. The number of hydrogen-bond acceptors (Lipinski definition) is 6. The number of carbonyl (C=O) groups is 1. The molecule has 0 aromatic heterocycles. The van der Waals surface area contributed by atoms with Crippen LogP contribution in [0, 0.1) is 24.0 Å². The molecule has 1 amide bonds. The Morgan fingerprint density at radius 2 is 1.86 bits per heavy atom. The summed E-state index contributed by atoms with van der Waals surface area (Å²) in [6, 6.07) is 10.5. The zero-order chi connectivity index (χ0) is 20.1. The van der Waals surface area contributed by atoms with Gasteiger partial charge in [0.15, 0.2) is 6.61 Å². The lowest BCUT2D eigenvalue weighted by atomic mass is 10.1. The second-order valence-corrected chi connectivity index (χ2v) is 6.86. The highest BCUT2D eigenvalue weighted by Crippen LogP contribution is 2.31. The van der Waals surface area contributed by atoms with Crippen molar-refractivity contribution >= 4 is 23.0 Å². The molecular formula is C20H24N4O4. The highest BCUT2D eigenvalue weighted by Gasteiger charge is 2.22. The molecule has 0 atom stereocenters. The van der Waals surface area contributed by atoms with Crippen LogP contribution in [0.25, 0.3) is 0 Å². The molecule has 8 heteroatoms. The van der Waals surface area contributed by atoms with Crippen LogP contribution < -0.4 is 20.3 Å². The van der Waals surface area contributed by atoms with Gasteiger partial charge in [-0.05, 0) is 49.2 Å². The van der Waals surface area contributed by atoms with E-state index in [9.17, 15) is 14.9 Å². The van der Waals surface area contributed by atoms with E-state index in [1.165, 1.54) is 6.07 Å². The van der Waals surface area contributed by atoms with Crippen molar-refractivity contribution in [3.63, 3.8) is 0 Å². The number of benzene rings is 2. The van der Waals surface area contributed by atoms with E-state index in [2.05, 4.69) is 10.6 Å². The molecule has 1 aliphatic heterocycles. The molecule has 28 heavy (non-hydrogen) atoms. The third-order valence-corrected chi connectivity index (χ3v) is 4.48. The third-order valence-electron chi connectivity index (χ3n) is 4.48. The standard InChI is InChI=1S/C20H24N4O4/c1-14-9-15(2)11-17(10-14)28-13-20(25)22-16-3-4-18(19(12-16)24(26)27)23-7-5-21-6-8-23/h3-4,9-12,21H,5-8,13H2,1-2H3,(H,22,25).